The van der Waals surface area contributed by atoms with Crippen LogP contribution >= 0.6 is 0 Å². The van der Waals surface area contributed by atoms with Crippen LogP contribution in [-0.4, -0.2) is 27.2 Å². The molecule has 0 atom stereocenters. The average Bonchev–Trinajstić information content (AvgIpc) is 3.14. The summed E-state index contributed by atoms with van der Waals surface area (Å²) in [7, 11) is -2.84. The van der Waals surface area contributed by atoms with Gasteiger partial charge in [-0.15, -0.1) is 0 Å². The van der Waals surface area contributed by atoms with E-state index in [2.05, 4.69) is 0 Å². The molecular formula is C26H23NO6S. The minimum absolute atomic E-state index is 0.0796. The number of benzene rings is 3. The predicted molar refractivity (Wildman–Crippen MR) is 129 cm³/mol. The summed E-state index contributed by atoms with van der Waals surface area (Å²) in [6.45, 7) is 4.95. The highest BCUT2D eigenvalue weighted by Crippen LogP contribution is 2.33. The van der Waals surface area contributed by atoms with E-state index in [1.807, 2.05) is 6.92 Å². The summed E-state index contributed by atoms with van der Waals surface area (Å²) in [5.74, 6) is -0.0339. The molecule has 0 aliphatic carbocycles. The third-order valence-electron chi connectivity index (χ3n) is 5.51. The molecule has 0 aliphatic rings. The summed E-state index contributed by atoms with van der Waals surface area (Å²) in [5, 5.41) is 0.439. The Balaban J connectivity index is 1.93. The fraction of sp³-hybridized carbons (Fsp3) is 0.154. The van der Waals surface area contributed by atoms with Crippen molar-refractivity contribution < 1.29 is 27.2 Å². The van der Waals surface area contributed by atoms with Gasteiger partial charge in [-0.05, 0) is 75.4 Å². The standard InChI is InChI=1S/C26H23NO6S/c1-16-5-7-19(8-6-16)26(29)27(34(30,31)22-12-10-21(32-4)11-13-22)20-9-14-24-23(15-20)25(17(2)28)18(3)33-24/h5-15H,1-4H3. The van der Waals surface area contributed by atoms with Gasteiger partial charge in [0, 0.05) is 10.9 Å². The number of amides is 1. The molecule has 0 bridgehead atoms. The summed E-state index contributed by atoms with van der Waals surface area (Å²) < 4.78 is 39.0. The Morgan fingerprint density at radius 1 is 0.912 bits per heavy atom. The predicted octanol–water partition coefficient (Wildman–Crippen LogP) is 5.30. The van der Waals surface area contributed by atoms with E-state index < -0.39 is 15.9 Å². The van der Waals surface area contributed by atoms with Crippen LogP contribution in [0.4, 0.5) is 5.69 Å². The van der Waals surface area contributed by atoms with E-state index in [0.717, 1.165) is 9.87 Å². The van der Waals surface area contributed by atoms with Gasteiger partial charge in [0.1, 0.15) is 17.1 Å². The number of rotatable bonds is 6. The van der Waals surface area contributed by atoms with Gasteiger partial charge in [-0.3, -0.25) is 9.59 Å². The zero-order valence-electron chi connectivity index (χ0n) is 19.2. The molecule has 1 aromatic heterocycles. The highest BCUT2D eigenvalue weighted by molar-refractivity contribution is 7.93. The molecule has 174 valence electrons. The van der Waals surface area contributed by atoms with E-state index in [0.29, 0.717) is 28.0 Å². The maximum Gasteiger partial charge on any atom is 0.272 e. The minimum atomic E-state index is -4.32. The first-order valence-electron chi connectivity index (χ1n) is 10.5. The summed E-state index contributed by atoms with van der Waals surface area (Å²) >= 11 is 0. The Kier molecular flexibility index (Phi) is 6.01. The van der Waals surface area contributed by atoms with Gasteiger partial charge in [0.05, 0.1) is 23.3 Å². The van der Waals surface area contributed by atoms with Crippen LogP contribution in [0.25, 0.3) is 11.0 Å². The second-order valence-electron chi connectivity index (χ2n) is 7.89. The Morgan fingerprint density at radius 2 is 1.56 bits per heavy atom. The van der Waals surface area contributed by atoms with Crippen molar-refractivity contribution >= 4 is 38.4 Å². The summed E-state index contributed by atoms with van der Waals surface area (Å²) in [6, 6.07) is 17.0. The first-order chi connectivity index (χ1) is 16.1. The number of nitrogens with zero attached hydrogens (tertiary/aromatic N) is 1. The number of anilines is 1. The number of hydrogen-bond donors (Lipinski definition) is 0. The van der Waals surface area contributed by atoms with Gasteiger partial charge in [0.25, 0.3) is 15.9 Å². The molecule has 1 heterocycles. The molecule has 0 saturated carbocycles. The maximum absolute atomic E-state index is 13.7. The summed E-state index contributed by atoms with van der Waals surface area (Å²) in [4.78, 5) is 25.7. The van der Waals surface area contributed by atoms with E-state index >= 15 is 0 Å². The molecule has 0 fully saturated rings. The van der Waals surface area contributed by atoms with Gasteiger partial charge >= 0.3 is 0 Å². The fourth-order valence-corrected chi connectivity index (χ4v) is 5.21. The van der Waals surface area contributed by atoms with Crippen molar-refractivity contribution in [2.75, 3.05) is 11.4 Å². The quantitative estimate of drug-likeness (QED) is 0.350. The Labute approximate surface area is 197 Å². The van der Waals surface area contributed by atoms with E-state index in [9.17, 15) is 18.0 Å². The van der Waals surface area contributed by atoms with Crippen LogP contribution < -0.4 is 9.04 Å². The zero-order valence-corrected chi connectivity index (χ0v) is 20.0. The SMILES string of the molecule is COc1ccc(S(=O)(=O)N(C(=O)c2ccc(C)cc2)c2ccc3oc(C)c(C(C)=O)c3c2)cc1. The first-order valence-corrected chi connectivity index (χ1v) is 11.9. The molecule has 1 amide bonds. The second-order valence-corrected chi connectivity index (χ2v) is 9.67. The van der Waals surface area contributed by atoms with E-state index in [-0.39, 0.29) is 21.9 Å². The van der Waals surface area contributed by atoms with Gasteiger partial charge in [-0.25, -0.2) is 8.42 Å². The maximum atomic E-state index is 13.7. The van der Waals surface area contributed by atoms with Gasteiger partial charge in [0.2, 0.25) is 0 Å². The number of methoxy groups -OCH3 is 1. The number of ketones is 1. The van der Waals surface area contributed by atoms with Gasteiger partial charge in [-0.1, -0.05) is 17.7 Å². The number of carbonyl (C=O) groups is 2. The van der Waals surface area contributed by atoms with Crippen molar-refractivity contribution in [1.29, 1.82) is 0 Å². The highest BCUT2D eigenvalue weighted by atomic mass is 32.2. The number of sulfonamides is 1. The van der Waals surface area contributed by atoms with Crippen LogP contribution in [0.2, 0.25) is 0 Å². The van der Waals surface area contributed by atoms with E-state index in [4.69, 9.17) is 9.15 Å². The molecule has 34 heavy (non-hydrogen) atoms. The van der Waals surface area contributed by atoms with Crippen molar-refractivity contribution in [3.8, 4) is 5.75 Å². The molecular weight excluding hydrogens is 454 g/mol. The minimum Gasteiger partial charge on any atom is -0.497 e. The molecule has 4 aromatic rings. The topological polar surface area (TPSA) is 93.9 Å². The Bertz CT molecular complexity index is 1500. The van der Waals surface area contributed by atoms with Crippen LogP contribution in [0, 0.1) is 13.8 Å². The lowest BCUT2D eigenvalue weighted by Crippen LogP contribution is -2.37. The van der Waals surface area contributed by atoms with Crippen LogP contribution in [0.3, 0.4) is 0 Å². The molecule has 0 spiro atoms. The van der Waals surface area contributed by atoms with Crippen molar-refractivity contribution in [1.82, 2.24) is 0 Å². The van der Waals surface area contributed by atoms with Crippen LogP contribution in [0.1, 0.15) is 39.0 Å². The van der Waals surface area contributed by atoms with Gasteiger partial charge < -0.3 is 9.15 Å². The molecule has 8 heteroatoms. The lowest BCUT2D eigenvalue weighted by molar-refractivity contribution is 0.1000. The number of aryl methyl sites for hydroxylation is 2. The van der Waals surface area contributed by atoms with Crippen LogP contribution in [0.15, 0.2) is 76.0 Å². The van der Waals surface area contributed by atoms with Crippen molar-refractivity contribution in [3.63, 3.8) is 0 Å². The lowest BCUT2D eigenvalue weighted by atomic mass is 10.1. The number of ether oxygens (including phenoxy) is 1. The molecule has 4 rings (SSSR count). The monoisotopic (exact) mass is 477 g/mol. The molecule has 0 aliphatic heterocycles. The number of hydrogen-bond acceptors (Lipinski definition) is 6. The molecule has 0 N–H and O–H groups in total. The van der Waals surface area contributed by atoms with E-state index in [1.165, 1.54) is 50.4 Å². The summed E-state index contributed by atoms with van der Waals surface area (Å²) in [6.07, 6.45) is 0. The lowest BCUT2D eigenvalue weighted by Gasteiger charge is -2.23. The molecule has 0 saturated heterocycles. The van der Waals surface area contributed by atoms with E-state index in [1.54, 1.807) is 37.3 Å². The smallest absolute Gasteiger partial charge is 0.272 e. The summed E-state index contributed by atoms with van der Waals surface area (Å²) in [5.41, 5.74) is 2.01. The van der Waals surface area contributed by atoms with Crippen molar-refractivity contribution in [2.24, 2.45) is 0 Å². The molecule has 0 radical (unpaired) electrons. The zero-order chi connectivity index (χ0) is 24.6. The third-order valence-corrected chi connectivity index (χ3v) is 7.24. The Morgan fingerprint density at radius 3 is 2.15 bits per heavy atom. The molecule has 3 aromatic carbocycles. The fourth-order valence-electron chi connectivity index (χ4n) is 3.80. The van der Waals surface area contributed by atoms with Gasteiger partial charge in [-0.2, -0.15) is 4.31 Å². The van der Waals surface area contributed by atoms with Crippen LogP contribution in [-0.2, 0) is 10.0 Å². The molecule has 0 unspecified atom stereocenters. The number of carbonyl (C=O) groups excluding carboxylic acids is 2. The number of Topliss-reactive ketones (excluding diaryl/α,β-unsaturated/α-hetero) is 1. The largest absolute Gasteiger partial charge is 0.497 e. The highest BCUT2D eigenvalue weighted by Gasteiger charge is 2.32. The third kappa shape index (κ3) is 4.08. The van der Waals surface area contributed by atoms with Crippen LogP contribution in [0.5, 0.6) is 5.75 Å². The van der Waals surface area contributed by atoms with Gasteiger partial charge in [0.15, 0.2) is 5.78 Å². The first kappa shape index (κ1) is 23.3. The Hall–Kier alpha value is -3.91. The van der Waals surface area contributed by atoms with Crippen molar-refractivity contribution in [2.45, 2.75) is 25.7 Å². The van der Waals surface area contributed by atoms with Crippen molar-refractivity contribution in [3.05, 3.63) is 89.2 Å². The normalized spacial score (nSPS) is 11.4. The average molecular weight is 478 g/mol. The molecule has 7 nitrogen and oxygen atoms in total. The number of fused-ring (bicyclic) bond motifs is 1. The number of furan rings is 1. The second kappa shape index (κ2) is 8.79.